The second-order valence-corrected chi connectivity index (χ2v) is 2.93. The van der Waals surface area contributed by atoms with Crippen LogP contribution in [0.4, 0.5) is 39.5 Å². The fourth-order valence-electron chi connectivity index (χ4n) is 0.941. The fraction of sp³-hybridized carbons (Fsp3) is 1.00. The molecule has 0 aromatic heterocycles. The van der Waals surface area contributed by atoms with Gasteiger partial charge in [0.15, 0.2) is 0 Å². The van der Waals surface area contributed by atoms with Crippen LogP contribution in [0, 0.1) is 0 Å². The van der Waals surface area contributed by atoms with Crippen LogP contribution in [-0.4, -0.2) is 37.5 Å². The van der Waals surface area contributed by atoms with Gasteiger partial charge in [-0.05, 0) is 6.92 Å². The first-order chi connectivity index (χ1) is 7.81. The Balaban J connectivity index is 5.61. The van der Waals surface area contributed by atoms with Gasteiger partial charge in [-0.1, -0.05) is 0 Å². The summed E-state index contributed by atoms with van der Waals surface area (Å²) in [5, 5.41) is 0. The summed E-state index contributed by atoms with van der Waals surface area (Å²) in [4.78, 5) is 0. The van der Waals surface area contributed by atoms with Crippen molar-refractivity contribution in [3.05, 3.63) is 0 Å². The number of ether oxygens (including phenoxy) is 2. The van der Waals surface area contributed by atoms with Gasteiger partial charge in [-0.25, -0.2) is 0 Å². The summed E-state index contributed by atoms with van der Waals surface area (Å²) in [5.74, 6) is 0. The molecule has 11 heteroatoms. The van der Waals surface area contributed by atoms with E-state index in [2.05, 4.69) is 9.47 Å². The van der Waals surface area contributed by atoms with Gasteiger partial charge < -0.3 is 9.47 Å². The van der Waals surface area contributed by atoms with Crippen molar-refractivity contribution in [2.45, 2.75) is 31.1 Å². The summed E-state index contributed by atoms with van der Waals surface area (Å²) in [6.07, 6.45) is -20.2. The molecule has 0 aromatic carbocycles. The van der Waals surface area contributed by atoms with E-state index in [0.717, 1.165) is 6.92 Å². The van der Waals surface area contributed by atoms with Crippen LogP contribution in [0.5, 0.6) is 0 Å². The highest BCUT2D eigenvalue weighted by Crippen LogP contribution is 2.54. The first kappa shape index (κ1) is 17.3. The highest BCUT2D eigenvalue weighted by molar-refractivity contribution is 5.02. The van der Waals surface area contributed by atoms with E-state index in [4.69, 9.17) is 0 Å². The van der Waals surface area contributed by atoms with Gasteiger partial charge in [-0.15, -0.1) is 0 Å². The van der Waals surface area contributed by atoms with Gasteiger partial charge in [0.05, 0.1) is 0 Å². The maximum atomic E-state index is 12.2. The van der Waals surface area contributed by atoms with Crippen molar-refractivity contribution in [1.82, 2.24) is 0 Å². The van der Waals surface area contributed by atoms with Crippen LogP contribution in [0.3, 0.4) is 0 Å². The number of hydrogen-bond donors (Lipinski definition) is 0. The van der Waals surface area contributed by atoms with Crippen LogP contribution in [0.15, 0.2) is 0 Å². The first-order valence-corrected chi connectivity index (χ1v) is 4.23. The Kier molecular flexibility index (Phi) is 4.91. The molecule has 0 aliphatic heterocycles. The third-order valence-corrected chi connectivity index (χ3v) is 1.76. The largest absolute Gasteiger partial charge is 0.435 e. The van der Waals surface area contributed by atoms with Crippen molar-refractivity contribution in [2.75, 3.05) is 13.4 Å². The second kappa shape index (κ2) is 5.11. The molecule has 0 heterocycles. The summed E-state index contributed by atoms with van der Waals surface area (Å²) in [7, 11) is 0. The van der Waals surface area contributed by atoms with Crippen LogP contribution in [0.2, 0.25) is 0 Å². The van der Waals surface area contributed by atoms with Crippen molar-refractivity contribution in [1.29, 1.82) is 0 Å². The Morgan fingerprint density at radius 2 is 1.06 bits per heavy atom. The van der Waals surface area contributed by atoms with E-state index in [1.807, 2.05) is 0 Å². The van der Waals surface area contributed by atoms with Crippen LogP contribution in [0.25, 0.3) is 0 Å². The molecule has 0 atom stereocenters. The third kappa shape index (κ3) is 2.99. The van der Waals surface area contributed by atoms with Gasteiger partial charge in [0.1, 0.15) is 6.79 Å². The predicted molar refractivity (Wildman–Crippen MR) is 38.5 cm³/mol. The maximum absolute atomic E-state index is 12.2. The van der Waals surface area contributed by atoms with Gasteiger partial charge >= 0.3 is 24.1 Å². The zero-order valence-electron chi connectivity index (χ0n) is 8.63. The van der Waals surface area contributed by atoms with E-state index in [9.17, 15) is 39.5 Å². The maximum Gasteiger partial charge on any atom is 0.435 e. The third-order valence-electron chi connectivity index (χ3n) is 1.76. The Morgan fingerprint density at radius 1 is 0.722 bits per heavy atom. The van der Waals surface area contributed by atoms with E-state index in [1.54, 1.807) is 0 Å². The first-order valence-electron chi connectivity index (χ1n) is 4.23. The number of halogens is 9. The van der Waals surface area contributed by atoms with E-state index >= 15 is 0 Å². The smallest absolute Gasteiger partial charge is 0.356 e. The fourth-order valence-corrected chi connectivity index (χ4v) is 0.941. The van der Waals surface area contributed by atoms with Crippen LogP contribution in [-0.2, 0) is 9.47 Å². The van der Waals surface area contributed by atoms with Crippen molar-refractivity contribution in [3.8, 4) is 0 Å². The van der Waals surface area contributed by atoms with E-state index in [0.29, 0.717) is 0 Å². The van der Waals surface area contributed by atoms with Gasteiger partial charge in [0.2, 0.25) is 0 Å². The minimum absolute atomic E-state index is 0.413. The SMILES string of the molecule is CCOCOC(C(F)(F)F)(C(F)(F)F)C(F)(F)F. The lowest BCUT2D eigenvalue weighted by atomic mass is 10.0. The van der Waals surface area contributed by atoms with E-state index in [-0.39, 0.29) is 0 Å². The highest BCUT2D eigenvalue weighted by Gasteiger charge is 2.85. The molecule has 0 aromatic rings. The van der Waals surface area contributed by atoms with Gasteiger partial charge in [-0.3, -0.25) is 0 Å². The average Bonchev–Trinajstić information content (AvgIpc) is 2.05. The molecule has 18 heavy (non-hydrogen) atoms. The summed E-state index contributed by atoms with van der Waals surface area (Å²) >= 11 is 0. The minimum Gasteiger partial charge on any atom is -0.356 e. The molecule has 0 spiro atoms. The Morgan fingerprint density at radius 3 is 1.28 bits per heavy atom. The van der Waals surface area contributed by atoms with E-state index in [1.165, 1.54) is 0 Å². The molecule has 0 N–H and O–H groups in total. The van der Waals surface area contributed by atoms with E-state index < -0.39 is 37.5 Å². The molecule has 0 amide bonds. The van der Waals surface area contributed by atoms with Gasteiger partial charge in [-0.2, -0.15) is 39.5 Å². The van der Waals surface area contributed by atoms with Crippen LogP contribution in [0.1, 0.15) is 6.92 Å². The zero-order chi connectivity index (χ0) is 14.8. The molecular weight excluding hydrogens is 287 g/mol. The molecule has 2 nitrogen and oxygen atoms in total. The molecule has 0 saturated heterocycles. The summed E-state index contributed by atoms with van der Waals surface area (Å²) in [6.45, 7) is -1.06. The standard InChI is InChI=1S/C7H7F9O2/c1-2-17-3-18-4(5(8,9)10,6(11,12)13)7(14,15)16/h2-3H2,1H3. The molecule has 0 rings (SSSR count). The van der Waals surface area contributed by atoms with Crippen molar-refractivity contribution < 1.29 is 49.0 Å². The van der Waals surface area contributed by atoms with Crippen LogP contribution >= 0.6 is 0 Å². The monoisotopic (exact) mass is 294 g/mol. The number of hydrogen-bond acceptors (Lipinski definition) is 2. The quantitative estimate of drug-likeness (QED) is 0.449. The van der Waals surface area contributed by atoms with Crippen LogP contribution < -0.4 is 0 Å². The van der Waals surface area contributed by atoms with Crippen molar-refractivity contribution in [3.63, 3.8) is 0 Å². The Labute approximate surface area is 94.6 Å². The molecule has 0 saturated carbocycles. The zero-order valence-corrected chi connectivity index (χ0v) is 8.63. The lowest BCUT2D eigenvalue weighted by molar-refractivity contribution is -0.465. The molecule has 0 aliphatic carbocycles. The summed E-state index contributed by atoms with van der Waals surface area (Å²) in [5.41, 5.74) is -6.26. The predicted octanol–water partition coefficient (Wildman–Crippen LogP) is 3.42. The molecule has 0 bridgehead atoms. The number of alkyl halides is 9. The molecular formula is C7H7F9O2. The molecule has 110 valence electrons. The lowest BCUT2D eigenvalue weighted by Crippen LogP contribution is -2.67. The summed E-state index contributed by atoms with van der Waals surface area (Å²) < 4.78 is 116. The van der Waals surface area contributed by atoms with Crippen molar-refractivity contribution >= 4 is 0 Å². The molecule has 0 unspecified atom stereocenters. The molecule has 0 radical (unpaired) electrons. The molecule has 0 aliphatic rings. The number of rotatable bonds is 4. The lowest BCUT2D eigenvalue weighted by Gasteiger charge is -2.37. The van der Waals surface area contributed by atoms with Crippen molar-refractivity contribution in [2.24, 2.45) is 0 Å². The van der Waals surface area contributed by atoms with Gasteiger partial charge in [0.25, 0.3) is 0 Å². The summed E-state index contributed by atoms with van der Waals surface area (Å²) in [6, 6.07) is 0. The average molecular weight is 294 g/mol. The van der Waals surface area contributed by atoms with Gasteiger partial charge in [0, 0.05) is 6.61 Å². The highest BCUT2D eigenvalue weighted by atomic mass is 19.4. The Hall–Kier alpha value is -0.710. The molecule has 0 fully saturated rings. The topological polar surface area (TPSA) is 18.5 Å². The second-order valence-electron chi connectivity index (χ2n) is 2.93. The minimum atomic E-state index is -6.72. The Bertz CT molecular complexity index is 228. The normalized spacial score (nSPS) is 15.0.